The van der Waals surface area contributed by atoms with E-state index in [1.807, 2.05) is 13.0 Å². The number of nitrogens with zero attached hydrogens (tertiary/aromatic N) is 4. The van der Waals surface area contributed by atoms with Gasteiger partial charge in [-0.2, -0.15) is 9.78 Å². The molecule has 0 radical (unpaired) electrons. The molecular formula is C13H17N5. The summed E-state index contributed by atoms with van der Waals surface area (Å²) in [6, 6.07) is 1.89. The molecule has 1 aliphatic carbocycles. The van der Waals surface area contributed by atoms with Crippen LogP contribution >= 0.6 is 0 Å². The van der Waals surface area contributed by atoms with Gasteiger partial charge in [0.1, 0.15) is 12.1 Å². The Labute approximate surface area is 106 Å². The van der Waals surface area contributed by atoms with E-state index in [9.17, 15) is 0 Å². The van der Waals surface area contributed by atoms with Crippen molar-refractivity contribution in [3.8, 4) is 5.82 Å². The highest BCUT2D eigenvalue weighted by atomic mass is 15.3. The van der Waals surface area contributed by atoms with Crippen molar-refractivity contribution in [2.24, 2.45) is 0 Å². The summed E-state index contributed by atoms with van der Waals surface area (Å²) in [6.45, 7) is 6.36. The number of rotatable bonds is 1. The van der Waals surface area contributed by atoms with Gasteiger partial charge in [-0.3, -0.25) is 0 Å². The molecule has 1 aliphatic rings. The first-order chi connectivity index (χ1) is 8.49. The lowest BCUT2D eigenvalue weighted by Crippen LogP contribution is -2.15. The molecule has 2 N–H and O–H groups in total. The van der Waals surface area contributed by atoms with Crippen molar-refractivity contribution in [1.29, 1.82) is 0 Å². The number of hydrogen-bond donors (Lipinski definition) is 1. The van der Waals surface area contributed by atoms with Gasteiger partial charge in [0.15, 0.2) is 5.82 Å². The molecule has 0 aromatic carbocycles. The van der Waals surface area contributed by atoms with Crippen LogP contribution in [0.15, 0.2) is 12.4 Å². The fourth-order valence-corrected chi connectivity index (χ4v) is 2.68. The van der Waals surface area contributed by atoms with E-state index in [-0.39, 0.29) is 5.41 Å². The first kappa shape index (κ1) is 11.2. The Morgan fingerprint density at radius 3 is 2.78 bits per heavy atom. The van der Waals surface area contributed by atoms with Crippen LogP contribution in [-0.2, 0) is 11.8 Å². The molecule has 0 saturated carbocycles. The highest BCUT2D eigenvalue weighted by Gasteiger charge is 2.36. The van der Waals surface area contributed by atoms with E-state index < -0.39 is 0 Å². The molecule has 2 aromatic heterocycles. The van der Waals surface area contributed by atoms with E-state index in [1.54, 1.807) is 11.0 Å². The summed E-state index contributed by atoms with van der Waals surface area (Å²) in [7, 11) is 0. The fraction of sp³-hybridized carbons (Fsp3) is 0.462. The van der Waals surface area contributed by atoms with Gasteiger partial charge in [-0.1, -0.05) is 13.8 Å². The smallest absolute Gasteiger partial charge is 0.159 e. The molecule has 18 heavy (non-hydrogen) atoms. The monoisotopic (exact) mass is 243 g/mol. The third-order valence-electron chi connectivity index (χ3n) is 3.66. The maximum atomic E-state index is 6.25. The zero-order chi connectivity index (χ0) is 12.9. The molecule has 0 atom stereocenters. The van der Waals surface area contributed by atoms with Crippen LogP contribution in [-0.4, -0.2) is 19.7 Å². The molecule has 3 rings (SSSR count). The van der Waals surface area contributed by atoms with E-state index >= 15 is 0 Å². The van der Waals surface area contributed by atoms with E-state index in [0.29, 0.717) is 5.82 Å². The average Bonchev–Trinajstić information content (AvgIpc) is 2.79. The SMILES string of the molecule is Cc1cc(-n2nc3c(c2N)C(C)(C)CC3)ncn1. The molecule has 2 aromatic rings. The fourth-order valence-electron chi connectivity index (χ4n) is 2.68. The molecule has 0 saturated heterocycles. The van der Waals surface area contributed by atoms with Crippen LogP contribution in [0.1, 0.15) is 37.2 Å². The Morgan fingerprint density at radius 1 is 1.33 bits per heavy atom. The van der Waals surface area contributed by atoms with Crippen molar-refractivity contribution >= 4 is 5.82 Å². The lowest BCUT2D eigenvalue weighted by atomic mass is 9.87. The van der Waals surface area contributed by atoms with Gasteiger partial charge in [-0.15, -0.1) is 0 Å². The van der Waals surface area contributed by atoms with E-state index in [4.69, 9.17) is 5.73 Å². The minimum atomic E-state index is 0.111. The van der Waals surface area contributed by atoms with Gasteiger partial charge in [0.05, 0.1) is 5.69 Å². The number of aryl methyl sites for hydroxylation is 2. The molecule has 2 heterocycles. The van der Waals surface area contributed by atoms with Gasteiger partial charge in [0, 0.05) is 17.3 Å². The highest BCUT2D eigenvalue weighted by molar-refractivity contribution is 5.54. The Balaban J connectivity index is 2.17. The Kier molecular flexibility index (Phi) is 2.20. The summed E-state index contributed by atoms with van der Waals surface area (Å²) in [5.41, 5.74) is 9.56. The van der Waals surface area contributed by atoms with Crippen LogP contribution in [0.25, 0.3) is 5.82 Å². The predicted octanol–water partition coefficient (Wildman–Crippen LogP) is 1.78. The molecule has 0 bridgehead atoms. The summed E-state index contributed by atoms with van der Waals surface area (Å²) in [6.07, 6.45) is 3.64. The number of nitrogens with two attached hydrogens (primary N) is 1. The Bertz CT molecular complexity index is 612. The van der Waals surface area contributed by atoms with Gasteiger partial charge >= 0.3 is 0 Å². The van der Waals surface area contributed by atoms with Gasteiger partial charge in [-0.25, -0.2) is 9.97 Å². The largest absolute Gasteiger partial charge is 0.383 e. The number of nitrogen functional groups attached to an aromatic ring is 1. The summed E-state index contributed by atoms with van der Waals surface area (Å²) < 4.78 is 1.74. The van der Waals surface area contributed by atoms with E-state index in [0.717, 1.165) is 30.0 Å². The molecule has 94 valence electrons. The standard InChI is InChI=1S/C13H17N5/c1-8-6-10(16-7-15-8)18-12(14)11-9(17-18)4-5-13(11,2)3/h6-7H,4-5,14H2,1-3H3. The van der Waals surface area contributed by atoms with Crippen molar-refractivity contribution < 1.29 is 0 Å². The summed E-state index contributed by atoms with van der Waals surface area (Å²) in [4.78, 5) is 8.33. The first-order valence-electron chi connectivity index (χ1n) is 6.16. The molecule has 0 fully saturated rings. The van der Waals surface area contributed by atoms with Gasteiger partial charge in [-0.05, 0) is 25.2 Å². The van der Waals surface area contributed by atoms with Crippen LogP contribution in [0, 0.1) is 6.92 Å². The van der Waals surface area contributed by atoms with Crippen LogP contribution < -0.4 is 5.73 Å². The maximum absolute atomic E-state index is 6.25. The molecule has 5 nitrogen and oxygen atoms in total. The highest BCUT2D eigenvalue weighted by Crippen LogP contribution is 2.41. The molecule has 0 amide bonds. The van der Waals surface area contributed by atoms with Crippen molar-refractivity contribution in [2.75, 3.05) is 5.73 Å². The van der Waals surface area contributed by atoms with Gasteiger partial charge < -0.3 is 5.73 Å². The predicted molar refractivity (Wildman–Crippen MR) is 69.7 cm³/mol. The lowest BCUT2D eigenvalue weighted by molar-refractivity contribution is 0.519. The molecular weight excluding hydrogens is 226 g/mol. The topological polar surface area (TPSA) is 69.6 Å². The van der Waals surface area contributed by atoms with Crippen molar-refractivity contribution in [3.63, 3.8) is 0 Å². The van der Waals surface area contributed by atoms with Crippen LogP contribution in [0.3, 0.4) is 0 Å². The molecule has 0 unspecified atom stereocenters. The third kappa shape index (κ3) is 1.50. The number of hydrogen-bond acceptors (Lipinski definition) is 4. The minimum Gasteiger partial charge on any atom is -0.383 e. The van der Waals surface area contributed by atoms with Crippen molar-refractivity contribution in [2.45, 2.75) is 39.0 Å². The van der Waals surface area contributed by atoms with Crippen molar-refractivity contribution in [1.82, 2.24) is 19.7 Å². The zero-order valence-corrected chi connectivity index (χ0v) is 10.9. The number of fused-ring (bicyclic) bond motifs is 1. The Hall–Kier alpha value is -1.91. The molecule has 5 heteroatoms. The van der Waals surface area contributed by atoms with Gasteiger partial charge in [0.2, 0.25) is 0 Å². The molecule has 0 spiro atoms. The van der Waals surface area contributed by atoms with Gasteiger partial charge in [0.25, 0.3) is 0 Å². The van der Waals surface area contributed by atoms with Crippen LogP contribution in [0.5, 0.6) is 0 Å². The van der Waals surface area contributed by atoms with E-state index in [2.05, 4.69) is 28.9 Å². The van der Waals surface area contributed by atoms with E-state index in [1.165, 1.54) is 5.56 Å². The second kappa shape index (κ2) is 3.54. The number of aromatic nitrogens is 4. The average molecular weight is 243 g/mol. The number of anilines is 1. The second-order valence-electron chi connectivity index (χ2n) is 5.52. The first-order valence-corrected chi connectivity index (χ1v) is 6.16. The zero-order valence-electron chi connectivity index (χ0n) is 10.9. The van der Waals surface area contributed by atoms with Crippen LogP contribution in [0.4, 0.5) is 5.82 Å². The molecule has 0 aliphatic heterocycles. The minimum absolute atomic E-state index is 0.111. The second-order valence-corrected chi connectivity index (χ2v) is 5.52. The maximum Gasteiger partial charge on any atom is 0.159 e. The normalized spacial score (nSPS) is 16.8. The lowest BCUT2D eigenvalue weighted by Gasteiger charge is -2.18. The summed E-state index contributed by atoms with van der Waals surface area (Å²) in [5, 5.41) is 4.60. The summed E-state index contributed by atoms with van der Waals surface area (Å²) in [5.74, 6) is 1.45. The third-order valence-corrected chi connectivity index (χ3v) is 3.66. The Morgan fingerprint density at radius 2 is 2.11 bits per heavy atom. The summed E-state index contributed by atoms with van der Waals surface area (Å²) >= 11 is 0. The quantitative estimate of drug-likeness (QED) is 0.828. The van der Waals surface area contributed by atoms with Crippen molar-refractivity contribution in [3.05, 3.63) is 29.3 Å². The van der Waals surface area contributed by atoms with Crippen LogP contribution in [0.2, 0.25) is 0 Å².